The van der Waals surface area contributed by atoms with Crippen molar-refractivity contribution in [3.8, 4) is 0 Å². The molecule has 1 aromatic carbocycles. The van der Waals surface area contributed by atoms with E-state index in [2.05, 4.69) is 6.92 Å². The average Bonchev–Trinajstić information content (AvgIpc) is 2.63. The van der Waals surface area contributed by atoms with Crippen LogP contribution in [0, 0.1) is 23.5 Å². The molecular weight excluding hydrogens is 318 g/mol. The van der Waals surface area contributed by atoms with E-state index in [1.807, 2.05) is 0 Å². The first-order valence-corrected chi connectivity index (χ1v) is 12.6. The summed E-state index contributed by atoms with van der Waals surface area (Å²) in [6.45, 7) is 2.34. The summed E-state index contributed by atoms with van der Waals surface area (Å²) in [6.07, 6.45) is 11.1. The molecule has 0 radical (unpaired) electrons. The highest BCUT2D eigenvalue weighted by molar-refractivity contribution is 6.59. The Kier molecular flexibility index (Phi) is 6.48. The highest BCUT2D eigenvalue weighted by atomic mass is 28.3. The van der Waals surface area contributed by atoms with E-state index in [4.69, 9.17) is 0 Å². The van der Waals surface area contributed by atoms with E-state index in [0.717, 1.165) is 17.4 Å². The zero-order chi connectivity index (χ0) is 16.9. The van der Waals surface area contributed by atoms with Gasteiger partial charge in [0.1, 0.15) is 0 Å². The van der Waals surface area contributed by atoms with E-state index in [1.54, 1.807) is 6.07 Å². The maximum atomic E-state index is 13.4. The standard InChI is InChI=1S/C21H32F2Si/c1-2-16-3-5-17(6-4-16)9-12-24-13-10-18(11-14-24)19-7-8-20(22)21(23)15-19/h7-8,15-18,24H,2-6,9-14H2,1H3/t16-,17-,18-,24-. The van der Waals surface area contributed by atoms with Crippen LogP contribution in [0.25, 0.3) is 0 Å². The van der Waals surface area contributed by atoms with E-state index in [-0.39, 0.29) is 0 Å². The molecule has 1 saturated carbocycles. The van der Waals surface area contributed by atoms with Gasteiger partial charge in [-0.25, -0.2) is 8.78 Å². The molecule has 1 heterocycles. The summed E-state index contributed by atoms with van der Waals surface area (Å²) in [7, 11) is -0.572. The van der Waals surface area contributed by atoms with Gasteiger partial charge in [-0.15, -0.1) is 0 Å². The smallest absolute Gasteiger partial charge is 0.159 e. The van der Waals surface area contributed by atoms with Gasteiger partial charge in [-0.3, -0.25) is 0 Å². The molecule has 1 aliphatic heterocycles. The Morgan fingerprint density at radius 3 is 2.21 bits per heavy atom. The van der Waals surface area contributed by atoms with Crippen LogP contribution in [0.15, 0.2) is 18.2 Å². The summed E-state index contributed by atoms with van der Waals surface area (Å²) in [5.41, 5.74) is 1.01. The highest BCUT2D eigenvalue weighted by Crippen LogP contribution is 2.38. The maximum Gasteiger partial charge on any atom is 0.159 e. The first-order valence-electron chi connectivity index (χ1n) is 10.1. The summed E-state index contributed by atoms with van der Waals surface area (Å²) in [5.74, 6) is 1.06. The Labute approximate surface area is 147 Å². The Bertz CT molecular complexity index is 515. The van der Waals surface area contributed by atoms with Gasteiger partial charge in [0.2, 0.25) is 0 Å². The second-order valence-corrected chi connectivity index (χ2v) is 11.7. The molecule has 0 unspecified atom stereocenters. The van der Waals surface area contributed by atoms with Crippen LogP contribution in [0.5, 0.6) is 0 Å². The largest absolute Gasteiger partial charge is 0.204 e. The highest BCUT2D eigenvalue weighted by Gasteiger charge is 2.26. The molecule has 1 saturated heterocycles. The molecule has 2 fully saturated rings. The number of hydrogen-bond acceptors (Lipinski definition) is 0. The quantitative estimate of drug-likeness (QED) is 0.520. The lowest BCUT2D eigenvalue weighted by atomic mass is 9.80. The first kappa shape index (κ1) is 18.1. The van der Waals surface area contributed by atoms with Crippen LogP contribution in [-0.2, 0) is 0 Å². The zero-order valence-electron chi connectivity index (χ0n) is 15.1. The molecule has 0 N–H and O–H groups in total. The van der Waals surface area contributed by atoms with Crippen molar-refractivity contribution in [1.82, 2.24) is 0 Å². The molecule has 2 aliphatic rings. The van der Waals surface area contributed by atoms with Crippen molar-refractivity contribution in [3.63, 3.8) is 0 Å². The molecule has 1 aromatic rings. The molecule has 1 aliphatic carbocycles. The van der Waals surface area contributed by atoms with E-state index in [1.165, 1.54) is 81.6 Å². The molecular formula is C21H32F2Si. The molecule has 0 nitrogen and oxygen atoms in total. The van der Waals surface area contributed by atoms with Gasteiger partial charge in [0, 0.05) is 8.80 Å². The fourth-order valence-corrected chi connectivity index (χ4v) is 8.51. The van der Waals surface area contributed by atoms with E-state index < -0.39 is 20.4 Å². The topological polar surface area (TPSA) is 0 Å². The van der Waals surface area contributed by atoms with E-state index in [9.17, 15) is 8.78 Å². The molecule has 24 heavy (non-hydrogen) atoms. The van der Waals surface area contributed by atoms with Gasteiger partial charge >= 0.3 is 0 Å². The maximum absolute atomic E-state index is 13.4. The lowest BCUT2D eigenvalue weighted by molar-refractivity contribution is 0.264. The monoisotopic (exact) mass is 350 g/mol. The van der Waals surface area contributed by atoms with Gasteiger partial charge in [-0.05, 0) is 48.3 Å². The van der Waals surface area contributed by atoms with Crippen molar-refractivity contribution in [3.05, 3.63) is 35.4 Å². The summed E-state index contributed by atoms with van der Waals surface area (Å²) in [6, 6.07) is 8.82. The fourth-order valence-electron chi connectivity index (χ4n) is 4.95. The Morgan fingerprint density at radius 2 is 1.58 bits per heavy atom. The number of hydrogen-bond donors (Lipinski definition) is 0. The van der Waals surface area contributed by atoms with Gasteiger partial charge in [-0.1, -0.05) is 69.6 Å². The van der Waals surface area contributed by atoms with Crippen LogP contribution in [0.4, 0.5) is 8.78 Å². The van der Waals surface area contributed by atoms with Crippen molar-refractivity contribution in [2.75, 3.05) is 0 Å². The van der Waals surface area contributed by atoms with Crippen LogP contribution in [0.1, 0.15) is 69.8 Å². The molecule has 3 rings (SSSR count). The summed E-state index contributed by atoms with van der Waals surface area (Å²) >= 11 is 0. The average molecular weight is 351 g/mol. The Morgan fingerprint density at radius 1 is 0.917 bits per heavy atom. The van der Waals surface area contributed by atoms with Crippen molar-refractivity contribution in [2.45, 2.75) is 82.3 Å². The fraction of sp³-hybridized carbons (Fsp3) is 0.714. The van der Waals surface area contributed by atoms with Crippen molar-refractivity contribution >= 4 is 8.80 Å². The summed E-state index contributed by atoms with van der Waals surface area (Å²) in [5, 5.41) is 0. The number of rotatable bonds is 5. The van der Waals surface area contributed by atoms with Gasteiger partial charge in [0.15, 0.2) is 11.6 Å². The van der Waals surface area contributed by atoms with E-state index in [0.29, 0.717) is 5.92 Å². The minimum atomic E-state index is -0.723. The molecule has 134 valence electrons. The van der Waals surface area contributed by atoms with Crippen molar-refractivity contribution in [1.29, 1.82) is 0 Å². The third kappa shape index (κ3) is 4.68. The summed E-state index contributed by atoms with van der Waals surface area (Å²) < 4.78 is 26.5. The normalized spacial score (nSPS) is 31.1. The third-order valence-electron chi connectivity index (χ3n) is 6.79. The lowest BCUT2D eigenvalue weighted by Gasteiger charge is -2.31. The van der Waals surface area contributed by atoms with Crippen LogP contribution in [-0.4, -0.2) is 8.80 Å². The second-order valence-electron chi connectivity index (χ2n) is 8.26. The number of halogens is 2. The van der Waals surface area contributed by atoms with Crippen LogP contribution in [0.2, 0.25) is 18.1 Å². The third-order valence-corrected chi connectivity index (χ3v) is 10.2. The molecule has 3 heteroatoms. The molecule has 0 amide bonds. The minimum Gasteiger partial charge on any atom is -0.204 e. The van der Waals surface area contributed by atoms with Crippen LogP contribution in [0.3, 0.4) is 0 Å². The molecule has 0 atom stereocenters. The van der Waals surface area contributed by atoms with Gasteiger partial charge in [0.05, 0.1) is 0 Å². The summed E-state index contributed by atoms with van der Waals surface area (Å²) in [4.78, 5) is 0. The SMILES string of the molecule is CC[C@H]1CC[C@H](CC[Si@H]2CC[C@H](c3ccc(F)c(F)c3)CC2)CC1. The first-order chi connectivity index (χ1) is 11.7. The molecule has 0 bridgehead atoms. The lowest BCUT2D eigenvalue weighted by Crippen LogP contribution is -2.22. The molecule has 0 spiro atoms. The Hall–Kier alpha value is -0.703. The predicted octanol–water partition coefficient (Wildman–Crippen LogP) is 6.68. The van der Waals surface area contributed by atoms with Gasteiger partial charge < -0.3 is 0 Å². The molecule has 0 aromatic heterocycles. The zero-order valence-corrected chi connectivity index (χ0v) is 16.2. The second kappa shape index (κ2) is 8.60. The van der Waals surface area contributed by atoms with Gasteiger partial charge in [-0.2, -0.15) is 0 Å². The Balaban J connectivity index is 1.40. The van der Waals surface area contributed by atoms with Crippen LogP contribution >= 0.6 is 0 Å². The minimum absolute atomic E-state index is 0.462. The van der Waals surface area contributed by atoms with Crippen molar-refractivity contribution in [2.24, 2.45) is 11.8 Å². The van der Waals surface area contributed by atoms with Gasteiger partial charge in [0.25, 0.3) is 0 Å². The van der Waals surface area contributed by atoms with E-state index >= 15 is 0 Å². The van der Waals surface area contributed by atoms with Crippen molar-refractivity contribution < 1.29 is 8.78 Å². The number of benzene rings is 1. The van der Waals surface area contributed by atoms with Crippen LogP contribution < -0.4 is 0 Å². The predicted molar refractivity (Wildman–Crippen MR) is 100 cm³/mol.